The maximum atomic E-state index is 5.89. The predicted octanol–water partition coefficient (Wildman–Crippen LogP) is 0.939. The first-order valence-electron chi connectivity index (χ1n) is 5.40. The van der Waals surface area contributed by atoms with Crippen molar-refractivity contribution in [2.24, 2.45) is 5.73 Å². The summed E-state index contributed by atoms with van der Waals surface area (Å²) >= 11 is 0. The van der Waals surface area contributed by atoms with Crippen LogP contribution >= 0.6 is 0 Å². The molecule has 82 valence electrons. The average molecular weight is 206 g/mol. The van der Waals surface area contributed by atoms with Crippen molar-refractivity contribution in [3.05, 3.63) is 17.1 Å². The Morgan fingerprint density at radius 1 is 1.13 bits per heavy atom. The number of anilines is 1. The third kappa shape index (κ3) is 1.95. The normalized spacial score (nSPS) is 21.1. The Balaban J connectivity index is 2.32. The van der Waals surface area contributed by atoms with Gasteiger partial charge >= 0.3 is 0 Å². The van der Waals surface area contributed by atoms with Gasteiger partial charge in [0.2, 0.25) is 0 Å². The minimum atomic E-state index is 0.285. The van der Waals surface area contributed by atoms with Gasteiger partial charge < -0.3 is 10.6 Å². The fourth-order valence-corrected chi connectivity index (χ4v) is 1.98. The lowest BCUT2D eigenvalue weighted by Crippen LogP contribution is -2.28. The van der Waals surface area contributed by atoms with Gasteiger partial charge in [-0.2, -0.15) is 0 Å². The summed E-state index contributed by atoms with van der Waals surface area (Å²) in [6, 6.07) is 0.285. The highest BCUT2D eigenvalue weighted by molar-refractivity contribution is 5.45. The van der Waals surface area contributed by atoms with Gasteiger partial charge in [0.25, 0.3) is 0 Å². The average Bonchev–Trinajstić information content (AvgIpc) is 2.58. The van der Waals surface area contributed by atoms with Gasteiger partial charge in [0.15, 0.2) is 0 Å². The summed E-state index contributed by atoms with van der Waals surface area (Å²) in [5.41, 5.74) is 8.92. The first-order valence-corrected chi connectivity index (χ1v) is 5.40. The molecule has 1 saturated heterocycles. The molecule has 0 spiro atoms. The molecule has 0 aromatic carbocycles. The summed E-state index contributed by atoms with van der Waals surface area (Å²) in [4.78, 5) is 11.3. The Labute approximate surface area is 90.5 Å². The van der Waals surface area contributed by atoms with Crippen molar-refractivity contribution >= 4 is 5.82 Å². The molecule has 4 nitrogen and oxygen atoms in total. The number of hydrogen-bond acceptors (Lipinski definition) is 4. The SMILES string of the molecule is Cc1nc(C)c(N2CCC(N)C2)nc1C. The Hall–Kier alpha value is -1.16. The molecule has 2 rings (SSSR count). The number of hydrogen-bond donors (Lipinski definition) is 1. The molecule has 0 saturated carbocycles. The van der Waals surface area contributed by atoms with Crippen molar-refractivity contribution in [3.8, 4) is 0 Å². The zero-order valence-corrected chi connectivity index (χ0v) is 9.62. The quantitative estimate of drug-likeness (QED) is 0.743. The van der Waals surface area contributed by atoms with Crippen molar-refractivity contribution < 1.29 is 0 Å². The van der Waals surface area contributed by atoms with E-state index in [1.54, 1.807) is 0 Å². The van der Waals surface area contributed by atoms with E-state index in [2.05, 4.69) is 14.9 Å². The first-order chi connectivity index (χ1) is 7.08. The van der Waals surface area contributed by atoms with E-state index < -0.39 is 0 Å². The Morgan fingerprint density at radius 3 is 2.40 bits per heavy atom. The number of aryl methyl sites for hydroxylation is 3. The second kappa shape index (κ2) is 3.77. The largest absolute Gasteiger partial charge is 0.353 e. The van der Waals surface area contributed by atoms with Crippen LogP contribution in [0.1, 0.15) is 23.5 Å². The van der Waals surface area contributed by atoms with Gasteiger partial charge in [0.1, 0.15) is 5.82 Å². The Kier molecular flexibility index (Phi) is 2.61. The summed E-state index contributed by atoms with van der Waals surface area (Å²) in [6.07, 6.45) is 1.05. The van der Waals surface area contributed by atoms with Gasteiger partial charge in [0, 0.05) is 19.1 Å². The van der Waals surface area contributed by atoms with Crippen LogP contribution < -0.4 is 10.6 Å². The molecular formula is C11H18N4. The number of nitrogens with zero attached hydrogens (tertiary/aromatic N) is 3. The first kappa shape index (κ1) is 10.4. The fourth-order valence-electron chi connectivity index (χ4n) is 1.98. The lowest BCUT2D eigenvalue weighted by Gasteiger charge is -2.19. The molecule has 1 aliphatic rings. The summed E-state index contributed by atoms with van der Waals surface area (Å²) in [7, 11) is 0. The van der Waals surface area contributed by atoms with Crippen LogP contribution in [-0.4, -0.2) is 29.1 Å². The molecule has 0 aliphatic carbocycles. The second-order valence-corrected chi connectivity index (χ2v) is 4.30. The third-order valence-corrected chi connectivity index (χ3v) is 2.98. The van der Waals surface area contributed by atoms with Crippen LogP contribution in [0.2, 0.25) is 0 Å². The molecule has 1 aromatic heterocycles. The third-order valence-electron chi connectivity index (χ3n) is 2.98. The minimum absolute atomic E-state index is 0.285. The van der Waals surface area contributed by atoms with Gasteiger partial charge in [-0.15, -0.1) is 0 Å². The standard InChI is InChI=1S/C11H18N4/c1-7-8(2)14-11(9(3)13-7)15-5-4-10(12)6-15/h10H,4-6,12H2,1-3H3. The molecule has 0 radical (unpaired) electrons. The molecule has 1 unspecified atom stereocenters. The van der Waals surface area contributed by atoms with Crippen molar-refractivity contribution in [2.45, 2.75) is 33.2 Å². The molecular weight excluding hydrogens is 188 g/mol. The summed E-state index contributed by atoms with van der Waals surface area (Å²) in [5, 5.41) is 0. The lowest BCUT2D eigenvalue weighted by molar-refractivity contribution is 0.750. The Morgan fingerprint density at radius 2 is 1.80 bits per heavy atom. The van der Waals surface area contributed by atoms with E-state index in [-0.39, 0.29) is 6.04 Å². The van der Waals surface area contributed by atoms with E-state index in [0.717, 1.165) is 42.4 Å². The highest BCUT2D eigenvalue weighted by Gasteiger charge is 2.22. The summed E-state index contributed by atoms with van der Waals surface area (Å²) in [6.45, 7) is 7.91. The van der Waals surface area contributed by atoms with Crippen molar-refractivity contribution in [1.29, 1.82) is 0 Å². The zero-order chi connectivity index (χ0) is 11.0. The van der Waals surface area contributed by atoms with Gasteiger partial charge in [-0.1, -0.05) is 0 Å². The molecule has 4 heteroatoms. The molecule has 2 N–H and O–H groups in total. The van der Waals surface area contributed by atoms with Crippen LogP contribution in [0.4, 0.5) is 5.82 Å². The molecule has 0 amide bonds. The van der Waals surface area contributed by atoms with Crippen LogP contribution in [0.25, 0.3) is 0 Å². The van der Waals surface area contributed by atoms with Crippen molar-refractivity contribution in [3.63, 3.8) is 0 Å². The lowest BCUT2D eigenvalue weighted by atomic mass is 10.3. The van der Waals surface area contributed by atoms with E-state index in [0.29, 0.717) is 0 Å². The molecule has 15 heavy (non-hydrogen) atoms. The Bertz CT molecular complexity index is 375. The molecule has 0 bridgehead atoms. The number of aromatic nitrogens is 2. The summed E-state index contributed by atoms with van der Waals surface area (Å²) in [5.74, 6) is 1.01. The predicted molar refractivity (Wildman–Crippen MR) is 61.0 cm³/mol. The molecule has 1 fully saturated rings. The number of nitrogens with two attached hydrogens (primary N) is 1. The number of rotatable bonds is 1. The van der Waals surface area contributed by atoms with E-state index in [9.17, 15) is 0 Å². The van der Waals surface area contributed by atoms with Crippen molar-refractivity contribution in [2.75, 3.05) is 18.0 Å². The van der Waals surface area contributed by atoms with Gasteiger partial charge in [-0.25, -0.2) is 4.98 Å². The van der Waals surface area contributed by atoms with Crippen LogP contribution in [0.5, 0.6) is 0 Å². The zero-order valence-electron chi connectivity index (χ0n) is 9.62. The van der Waals surface area contributed by atoms with Gasteiger partial charge in [-0.05, 0) is 27.2 Å². The monoisotopic (exact) mass is 206 g/mol. The maximum absolute atomic E-state index is 5.89. The van der Waals surface area contributed by atoms with Crippen LogP contribution in [0.15, 0.2) is 0 Å². The van der Waals surface area contributed by atoms with Crippen LogP contribution in [0, 0.1) is 20.8 Å². The van der Waals surface area contributed by atoms with E-state index in [4.69, 9.17) is 5.73 Å². The maximum Gasteiger partial charge on any atom is 0.150 e. The second-order valence-electron chi connectivity index (χ2n) is 4.30. The summed E-state index contributed by atoms with van der Waals surface area (Å²) < 4.78 is 0. The highest BCUT2D eigenvalue weighted by Crippen LogP contribution is 2.21. The van der Waals surface area contributed by atoms with E-state index >= 15 is 0 Å². The molecule has 1 aromatic rings. The molecule has 1 aliphatic heterocycles. The van der Waals surface area contributed by atoms with E-state index in [1.165, 1.54) is 0 Å². The van der Waals surface area contributed by atoms with Crippen LogP contribution in [0.3, 0.4) is 0 Å². The van der Waals surface area contributed by atoms with E-state index in [1.807, 2.05) is 20.8 Å². The molecule has 2 heterocycles. The van der Waals surface area contributed by atoms with Gasteiger partial charge in [0.05, 0.1) is 17.1 Å². The minimum Gasteiger partial charge on any atom is -0.353 e. The molecule has 1 atom stereocenters. The fraction of sp³-hybridized carbons (Fsp3) is 0.636. The van der Waals surface area contributed by atoms with Gasteiger partial charge in [-0.3, -0.25) is 4.98 Å². The smallest absolute Gasteiger partial charge is 0.150 e. The topological polar surface area (TPSA) is 55.0 Å². The van der Waals surface area contributed by atoms with Crippen molar-refractivity contribution in [1.82, 2.24) is 9.97 Å². The van der Waals surface area contributed by atoms with Crippen LogP contribution in [-0.2, 0) is 0 Å². The highest BCUT2D eigenvalue weighted by atomic mass is 15.2.